The van der Waals surface area contributed by atoms with Crippen LogP contribution in [0.3, 0.4) is 0 Å². The van der Waals surface area contributed by atoms with Crippen LogP contribution >= 0.6 is 0 Å². The average Bonchev–Trinajstić information content (AvgIpc) is 2.72. The van der Waals surface area contributed by atoms with Crippen molar-refractivity contribution in [2.75, 3.05) is 0 Å². The predicted molar refractivity (Wildman–Crippen MR) is 121 cm³/mol. The standard InChI is InChI=1S/C27H26F2N2O/c1-27(2,3)19-12-18(10-16-6-4-8-20(28)11-16)25-22(14-19)24(23(15-30)26(31)32-25)17-7-5-9-21(29)13-17/h4-11,13,19,24H,12,14,31H2,1-3H3/b18-10-/t19-,24-/m1/s1. The summed E-state index contributed by atoms with van der Waals surface area (Å²) in [6, 6.07) is 14.8. The third-order valence-corrected chi connectivity index (χ3v) is 6.35. The Hall–Kier alpha value is -3.39. The van der Waals surface area contributed by atoms with Gasteiger partial charge in [-0.2, -0.15) is 5.26 Å². The molecule has 2 aromatic rings. The Morgan fingerprint density at radius 3 is 2.38 bits per heavy atom. The van der Waals surface area contributed by atoms with E-state index in [0.29, 0.717) is 17.7 Å². The minimum atomic E-state index is -0.486. The average molecular weight is 433 g/mol. The summed E-state index contributed by atoms with van der Waals surface area (Å²) >= 11 is 0. The molecule has 0 aromatic heterocycles. The highest BCUT2D eigenvalue weighted by atomic mass is 19.1. The summed E-state index contributed by atoms with van der Waals surface area (Å²) < 4.78 is 34.0. The van der Waals surface area contributed by atoms with E-state index in [4.69, 9.17) is 10.5 Å². The lowest BCUT2D eigenvalue weighted by molar-refractivity contribution is 0.200. The molecule has 0 bridgehead atoms. The topological polar surface area (TPSA) is 59.0 Å². The van der Waals surface area contributed by atoms with Crippen LogP contribution in [0.25, 0.3) is 6.08 Å². The molecule has 0 saturated heterocycles. The lowest BCUT2D eigenvalue weighted by Crippen LogP contribution is -2.31. The van der Waals surface area contributed by atoms with Crippen molar-refractivity contribution in [3.63, 3.8) is 0 Å². The van der Waals surface area contributed by atoms with Crippen molar-refractivity contribution in [2.24, 2.45) is 17.1 Å². The van der Waals surface area contributed by atoms with Gasteiger partial charge in [0.25, 0.3) is 0 Å². The minimum Gasteiger partial charge on any atom is -0.440 e. The van der Waals surface area contributed by atoms with Gasteiger partial charge in [0.15, 0.2) is 0 Å². The highest BCUT2D eigenvalue weighted by Gasteiger charge is 2.41. The quantitative estimate of drug-likeness (QED) is 0.584. The first-order chi connectivity index (χ1) is 15.2. The van der Waals surface area contributed by atoms with Gasteiger partial charge in [-0.25, -0.2) is 8.78 Å². The normalized spacial score (nSPS) is 22.4. The Morgan fingerprint density at radius 1 is 1.06 bits per heavy atom. The zero-order valence-electron chi connectivity index (χ0n) is 18.5. The van der Waals surface area contributed by atoms with Gasteiger partial charge in [0, 0.05) is 5.92 Å². The molecule has 2 aromatic carbocycles. The molecular formula is C27H26F2N2O. The van der Waals surface area contributed by atoms with Gasteiger partial charge < -0.3 is 10.5 Å². The molecule has 164 valence electrons. The zero-order valence-corrected chi connectivity index (χ0v) is 18.5. The summed E-state index contributed by atoms with van der Waals surface area (Å²) in [7, 11) is 0. The van der Waals surface area contributed by atoms with Gasteiger partial charge >= 0.3 is 0 Å². The molecule has 0 spiro atoms. The van der Waals surface area contributed by atoms with Crippen LogP contribution in [-0.4, -0.2) is 0 Å². The number of ether oxygens (including phenoxy) is 1. The largest absolute Gasteiger partial charge is 0.440 e. The summed E-state index contributed by atoms with van der Waals surface area (Å²) in [5.74, 6) is -0.281. The van der Waals surface area contributed by atoms with E-state index in [2.05, 4.69) is 26.8 Å². The number of nitriles is 1. The second-order valence-electron chi connectivity index (χ2n) is 9.53. The second kappa shape index (κ2) is 8.27. The van der Waals surface area contributed by atoms with E-state index >= 15 is 0 Å². The van der Waals surface area contributed by atoms with Crippen molar-refractivity contribution in [1.29, 1.82) is 5.26 Å². The van der Waals surface area contributed by atoms with Gasteiger partial charge in [-0.15, -0.1) is 0 Å². The van der Waals surface area contributed by atoms with Crippen molar-refractivity contribution < 1.29 is 13.5 Å². The smallest absolute Gasteiger partial charge is 0.205 e. The van der Waals surface area contributed by atoms with E-state index < -0.39 is 5.92 Å². The molecule has 2 atom stereocenters. The number of halogens is 2. The van der Waals surface area contributed by atoms with E-state index in [0.717, 1.165) is 23.1 Å². The fraction of sp³-hybridized carbons (Fsp3) is 0.296. The summed E-state index contributed by atoms with van der Waals surface area (Å²) in [6.07, 6.45) is 3.34. The Balaban J connectivity index is 1.92. The lowest BCUT2D eigenvalue weighted by atomic mass is 9.66. The number of hydrogen-bond donors (Lipinski definition) is 1. The highest BCUT2D eigenvalue weighted by molar-refractivity contribution is 5.62. The lowest BCUT2D eigenvalue weighted by Gasteiger charge is -2.41. The maximum atomic E-state index is 14.1. The minimum absolute atomic E-state index is 0.0223. The van der Waals surface area contributed by atoms with E-state index in [1.165, 1.54) is 24.3 Å². The van der Waals surface area contributed by atoms with Crippen molar-refractivity contribution >= 4 is 6.08 Å². The van der Waals surface area contributed by atoms with Gasteiger partial charge in [-0.05, 0) is 76.8 Å². The van der Waals surface area contributed by atoms with Gasteiger partial charge in [0.05, 0.1) is 0 Å². The third kappa shape index (κ3) is 4.18. The predicted octanol–water partition coefficient (Wildman–Crippen LogP) is 6.57. The molecule has 0 radical (unpaired) electrons. The first-order valence-electron chi connectivity index (χ1n) is 10.7. The number of nitrogens with two attached hydrogens (primary N) is 1. The Morgan fingerprint density at radius 2 is 1.75 bits per heavy atom. The molecular weight excluding hydrogens is 406 g/mol. The summed E-state index contributed by atoms with van der Waals surface area (Å²) in [4.78, 5) is 0. The van der Waals surface area contributed by atoms with Gasteiger partial charge in [0.2, 0.25) is 5.88 Å². The van der Waals surface area contributed by atoms with Gasteiger partial charge in [-0.1, -0.05) is 45.0 Å². The molecule has 5 heteroatoms. The fourth-order valence-corrected chi connectivity index (χ4v) is 4.56. The maximum absolute atomic E-state index is 14.1. The van der Waals surface area contributed by atoms with Crippen LogP contribution in [0.1, 0.15) is 50.7 Å². The molecule has 1 heterocycles. The van der Waals surface area contributed by atoms with Crippen LogP contribution < -0.4 is 5.73 Å². The Kier molecular flexibility index (Phi) is 5.64. The molecule has 0 unspecified atom stereocenters. The van der Waals surface area contributed by atoms with E-state index in [1.807, 2.05) is 18.2 Å². The first-order valence-corrected chi connectivity index (χ1v) is 10.7. The van der Waals surface area contributed by atoms with Crippen LogP contribution in [0, 0.1) is 34.3 Å². The Labute approximate surface area is 187 Å². The first kappa shape index (κ1) is 21.8. The molecule has 1 aliphatic carbocycles. The summed E-state index contributed by atoms with van der Waals surface area (Å²) in [5.41, 5.74) is 9.65. The molecule has 4 rings (SSSR count). The molecule has 2 aliphatic rings. The van der Waals surface area contributed by atoms with Crippen molar-refractivity contribution in [3.8, 4) is 6.07 Å². The number of allylic oxidation sites excluding steroid dienone is 3. The fourth-order valence-electron chi connectivity index (χ4n) is 4.56. The zero-order chi connectivity index (χ0) is 23.0. The molecule has 1 aliphatic heterocycles. The number of hydrogen-bond acceptors (Lipinski definition) is 3. The number of rotatable bonds is 2. The van der Waals surface area contributed by atoms with Crippen molar-refractivity contribution in [2.45, 2.75) is 39.5 Å². The van der Waals surface area contributed by atoms with E-state index in [9.17, 15) is 14.0 Å². The van der Waals surface area contributed by atoms with Crippen molar-refractivity contribution in [3.05, 3.63) is 99.7 Å². The van der Waals surface area contributed by atoms with Crippen LogP contribution in [0.4, 0.5) is 8.78 Å². The van der Waals surface area contributed by atoms with Gasteiger partial charge in [-0.3, -0.25) is 0 Å². The van der Waals surface area contributed by atoms with Crippen LogP contribution in [-0.2, 0) is 4.74 Å². The monoisotopic (exact) mass is 432 g/mol. The second-order valence-corrected chi connectivity index (χ2v) is 9.53. The molecule has 2 N–H and O–H groups in total. The molecule has 0 saturated carbocycles. The summed E-state index contributed by atoms with van der Waals surface area (Å²) in [5, 5.41) is 9.87. The van der Waals surface area contributed by atoms with Crippen LogP contribution in [0.2, 0.25) is 0 Å². The molecule has 32 heavy (non-hydrogen) atoms. The SMILES string of the molecule is CC(C)(C)[C@H]1CC2=C(OC(N)=C(C#N)[C@@H]2c2cccc(F)c2)/C(=C\c2cccc(F)c2)C1. The summed E-state index contributed by atoms with van der Waals surface area (Å²) in [6.45, 7) is 6.54. The number of benzene rings is 2. The maximum Gasteiger partial charge on any atom is 0.205 e. The molecule has 0 amide bonds. The van der Waals surface area contributed by atoms with Crippen molar-refractivity contribution in [1.82, 2.24) is 0 Å². The molecule has 0 fully saturated rings. The number of nitrogens with zero attached hydrogens (tertiary/aromatic N) is 1. The van der Waals surface area contributed by atoms with Crippen LogP contribution in [0.5, 0.6) is 0 Å². The third-order valence-electron chi connectivity index (χ3n) is 6.35. The highest BCUT2D eigenvalue weighted by Crippen LogP contribution is 2.51. The van der Waals surface area contributed by atoms with Crippen LogP contribution in [0.15, 0.2) is 76.9 Å². The molecule has 3 nitrogen and oxygen atoms in total. The van der Waals surface area contributed by atoms with Gasteiger partial charge in [0.1, 0.15) is 29.0 Å². The van der Waals surface area contributed by atoms with E-state index in [-0.39, 0.29) is 34.4 Å². The van der Waals surface area contributed by atoms with E-state index in [1.54, 1.807) is 12.1 Å². The Bertz CT molecular complexity index is 1190.